The standard InChI is InChI=1S/C43H41ClN4O4.ClH/c1-31-25-37(26-32(2)43(31)52-41-17-16-40(28-46-41)51-30-36-9-5-34(27-45)6-10-36)11-18-42(49)48-22-20-47(21-23-48)29-35-7-3-33(4-8-35)19-24-50-39-14-12-38(44)13-15-39;/h3-18,25-26,28H,19-24,29-30H2,1-2H3;1H. The Morgan fingerprint density at radius 1 is 0.830 bits per heavy atom. The molecule has 0 spiro atoms. The second kappa shape index (κ2) is 19.0. The Kier molecular flexibility index (Phi) is 13.9. The van der Waals surface area contributed by atoms with Crippen molar-refractivity contribution < 1.29 is 19.0 Å². The van der Waals surface area contributed by atoms with Crippen molar-refractivity contribution in [2.45, 2.75) is 33.4 Å². The molecule has 0 aliphatic carbocycles. The molecule has 1 fully saturated rings. The largest absolute Gasteiger partial charge is 0.493 e. The molecular weight excluding hydrogens is 707 g/mol. The van der Waals surface area contributed by atoms with E-state index in [4.69, 9.17) is 31.1 Å². The van der Waals surface area contributed by atoms with Gasteiger partial charge in [0, 0.05) is 56.3 Å². The Bertz CT molecular complexity index is 2000. The summed E-state index contributed by atoms with van der Waals surface area (Å²) in [5.41, 5.74) is 6.91. The third kappa shape index (κ3) is 11.3. The number of carbonyl (C=O) groups is 1. The van der Waals surface area contributed by atoms with Crippen molar-refractivity contribution in [2.24, 2.45) is 0 Å². The number of hydrogen-bond acceptors (Lipinski definition) is 7. The second-order valence-electron chi connectivity index (χ2n) is 12.8. The fourth-order valence-electron chi connectivity index (χ4n) is 5.99. The molecule has 10 heteroatoms. The van der Waals surface area contributed by atoms with Gasteiger partial charge in [0.25, 0.3) is 0 Å². The van der Waals surface area contributed by atoms with Crippen LogP contribution in [0.15, 0.2) is 109 Å². The predicted molar refractivity (Wildman–Crippen MR) is 211 cm³/mol. The third-order valence-electron chi connectivity index (χ3n) is 8.89. The van der Waals surface area contributed by atoms with Gasteiger partial charge in [0.1, 0.15) is 23.9 Å². The van der Waals surface area contributed by atoms with Gasteiger partial charge in [0.2, 0.25) is 11.8 Å². The number of benzene rings is 4. The van der Waals surface area contributed by atoms with Gasteiger partial charge < -0.3 is 19.1 Å². The van der Waals surface area contributed by atoms with Crippen molar-refractivity contribution in [2.75, 3.05) is 32.8 Å². The molecule has 6 rings (SSSR count). The van der Waals surface area contributed by atoms with E-state index in [2.05, 4.69) is 40.2 Å². The van der Waals surface area contributed by atoms with Crippen LogP contribution >= 0.6 is 24.0 Å². The molecule has 1 amide bonds. The second-order valence-corrected chi connectivity index (χ2v) is 13.3. The van der Waals surface area contributed by atoms with E-state index in [0.29, 0.717) is 48.5 Å². The van der Waals surface area contributed by atoms with Crippen molar-refractivity contribution >= 4 is 36.0 Å². The predicted octanol–water partition coefficient (Wildman–Crippen LogP) is 9.00. The van der Waals surface area contributed by atoms with E-state index in [1.54, 1.807) is 30.5 Å². The number of carbonyl (C=O) groups excluding carboxylic acids is 1. The smallest absolute Gasteiger partial charge is 0.246 e. The average molecular weight is 750 g/mol. The first-order valence-corrected chi connectivity index (χ1v) is 17.7. The lowest BCUT2D eigenvalue weighted by molar-refractivity contribution is -0.127. The lowest BCUT2D eigenvalue weighted by atomic mass is 10.1. The summed E-state index contributed by atoms with van der Waals surface area (Å²) in [6.07, 6.45) is 6.00. The highest BCUT2D eigenvalue weighted by molar-refractivity contribution is 6.30. The van der Waals surface area contributed by atoms with E-state index in [-0.39, 0.29) is 18.3 Å². The Balaban J connectivity index is 0.00000541. The summed E-state index contributed by atoms with van der Waals surface area (Å²) in [5.74, 6) is 2.66. The molecule has 0 atom stereocenters. The SMILES string of the molecule is Cc1cc(C=CC(=O)N2CCN(Cc3ccc(CCOc4ccc(Cl)cc4)cc3)CC2)cc(C)c1Oc1ccc(OCc2ccc(C#N)cc2)cn1.Cl. The number of amides is 1. The van der Waals surface area contributed by atoms with E-state index >= 15 is 0 Å². The quantitative estimate of drug-likeness (QED) is 0.111. The number of hydrogen-bond donors (Lipinski definition) is 0. The third-order valence-corrected chi connectivity index (χ3v) is 9.14. The number of halogens is 2. The minimum absolute atomic E-state index is 0. The van der Waals surface area contributed by atoms with Crippen molar-refractivity contribution in [1.29, 1.82) is 5.26 Å². The molecule has 0 saturated carbocycles. The van der Waals surface area contributed by atoms with Crippen LogP contribution in [0, 0.1) is 25.2 Å². The highest BCUT2D eigenvalue weighted by atomic mass is 35.5. The van der Waals surface area contributed by atoms with Gasteiger partial charge in [-0.3, -0.25) is 9.69 Å². The van der Waals surface area contributed by atoms with Crippen LogP contribution < -0.4 is 14.2 Å². The first-order valence-electron chi connectivity index (χ1n) is 17.3. The van der Waals surface area contributed by atoms with Crippen LogP contribution in [0.1, 0.15) is 38.9 Å². The average Bonchev–Trinajstić information content (AvgIpc) is 3.17. The molecule has 1 saturated heterocycles. The van der Waals surface area contributed by atoms with Crippen molar-refractivity contribution in [3.63, 3.8) is 0 Å². The summed E-state index contributed by atoms with van der Waals surface area (Å²) in [4.78, 5) is 21.8. The maximum Gasteiger partial charge on any atom is 0.246 e. The van der Waals surface area contributed by atoms with E-state index < -0.39 is 0 Å². The molecule has 1 aromatic heterocycles. The van der Waals surface area contributed by atoms with Crippen LogP contribution in [-0.4, -0.2) is 53.5 Å². The van der Waals surface area contributed by atoms with E-state index in [0.717, 1.165) is 59.8 Å². The van der Waals surface area contributed by atoms with Crippen molar-refractivity contribution in [3.8, 4) is 29.2 Å². The molecule has 5 aromatic rings. The summed E-state index contributed by atoms with van der Waals surface area (Å²) in [7, 11) is 0. The number of nitriles is 1. The monoisotopic (exact) mass is 748 g/mol. The maximum atomic E-state index is 13.1. The first-order chi connectivity index (χ1) is 25.3. The van der Waals surface area contributed by atoms with Gasteiger partial charge in [0.15, 0.2) is 0 Å². The fourth-order valence-corrected chi connectivity index (χ4v) is 6.11. The number of nitrogens with zero attached hydrogens (tertiary/aromatic N) is 4. The van der Waals surface area contributed by atoms with Crippen molar-refractivity contribution in [1.82, 2.24) is 14.8 Å². The molecule has 272 valence electrons. The summed E-state index contributed by atoms with van der Waals surface area (Å²) in [6.45, 7) is 8.87. The first kappa shape index (κ1) is 38.9. The van der Waals surface area contributed by atoms with Crippen LogP contribution in [0.5, 0.6) is 23.1 Å². The zero-order chi connectivity index (χ0) is 36.3. The number of pyridine rings is 1. The molecule has 0 radical (unpaired) electrons. The van der Waals surface area contributed by atoms with E-state index in [1.807, 2.05) is 79.4 Å². The summed E-state index contributed by atoms with van der Waals surface area (Å²) in [6, 6.07) is 33.1. The zero-order valence-electron chi connectivity index (χ0n) is 29.8. The number of ether oxygens (including phenoxy) is 3. The molecule has 1 aliphatic rings. The number of aromatic nitrogens is 1. The fraction of sp³-hybridized carbons (Fsp3) is 0.233. The van der Waals surface area contributed by atoms with E-state index in [9.17, 15) is 4.79 Å². The molecule has 4 aromatic carbocycles. The Hall–Kier alpha value is -5.33. The van der Waals surface area contributed by atoms with Crippen LogP contribution in [0.25, 0.3) is 6.08 Å². The van der Waals surface area contributed by atoms with E-state index in [1.165, 1.54) is 11.1 Å². The normalized spacial score (nSPS) is 12.9. The number of piperazine rings is 1. The minimum atomic E-state index is 0. The lowest BCUT2D eigenvalue weighted by Gasteiger charge is -2.34. The number of rotatable bonds is 13. The lowest BCUT2D eigenvalue weighted by Crippen LogP contribution is -2.47. The Morgan fingerprint density at radius 2 is 1.47 bits per heavy atom. The minimum Gasteiger partial charge on any atom is -0.493 e. The van der Waals surface area contributed by atoms with Crippen LogP contribution in [0.2, 0.25) is 5.02 Å². The van der Waals surface area contributed by atoms with Gasteiger partial charge in [-0.15, -0.1) is 12.4 Å². The topological polar surface area (TPSA) is 87.9 Å². The summed E-state index contributed by atoms with van der Waals surface area (Å²) < 4.78 is 17.8. The van der Waals surface area contributed by atoms with Crippen LogP contribution in [0.3, 0.4) is 0 Å². The Morgan fingerprint density at radius 3 is 2.11 bits per heavy atom. The number of aryl methyl sites for hydroxylation is 2. The molecule has 1 aliphatic heterocycles. The van der Waals surface area contributed by atoms with Gasteiger partial charge in [-0.1, -0.05) is 48.0 Å². The molecule has 0 unspecified atom stereocenters. The molecule has 0 bridgehead atoms. The Labute approximate surface area is 322 Å². The zero-order valence-corrected chi connectivity index (χ0v) is 31.4. The summed E-state index contributed by atoms with van der Waals surface area (Å²) >= 11 is 5.94. The van der Waals surface area contributed by atoms with Gasteiger partial charge in [-0.05, 0) is 108 Å². The molecule has 53 heavy (non-hydrogen) atoms. The molecule has 0 N–H and O–H groups in total. The maximum absolute atomic E-state index is 13.1. The van der Waals surface area contributed by atoms with Crippen molar-refractivity contribution in [3.05, 3.63) is 153 Å². The highest BCUT2D eigenvalue weighted by Crippen LogP contribution is 2.30. The van der Waals surface area contributed by atoms with Crippen LogP contribution in [-0.2, 0) is 24.4 Å². The molecule has 8 nitrogen and oxygen atoms in total. The van der Waals surface area contributed by atoms with Gasteiger partial charge in [-0.2, -0.15) is 5.26 Å². The summed E-state index contributed by atoms with van der Waals surface area (Å²) in [5, 5.41) is 9.66. The molecular formula is C43H42Cl2N4O4. The van der Waals surface area contributed by atoms with Gasteiger partial charge >= 0.3 is 0 Å². The molecule has 2 heterocycles. The van der Waals surface area contributed by atoms with Gasteiger partial charge in [-0.25, -0.2) is 4.98 Å². The highest BCUT2D eigenvalue weighted by Gasteiger charge is 2.20. The van der Waals surface area contributed by atoms with Crippen LogP contribution in [0.4, 0.5) is 0 Å². The van der Waals surface area contributed by atoms with Gasteiger partial charge in [0.05, 0.1) is 24.4 Å².